The Labute approximate surface area is 157 Å². The van der Waals surface area contributed by atoms with Crippen molar-refractivity contribution in [3.8, 4) is 11.4 Å². The van der Waals surface area contributed by atoms with Crippen LogP contribution in [0.15, 0.2) is 43.8 Å². The van der Waals surface area contributed by atoms with Gasteiger partial charge in [-0.15, -0.1) is 21.5 Å². The van der Waals surface area contributed by atoms with E-state index in [0.29, 0.717) is 35.0 Å². The average molecular weight is 385 g/mol. The molecule has 7 nitrogen and oxygen atoms in total. The number of benzene rings is 1. The highest BCUT2D eigenvalue weighted by Gasteiger charge is 2.14. The van der Waals surface area contributed by atoms with E-state index in [0.717, 1.165) is 21.8 Å². The fourth-order valence-electron chi connectivity index (χ4n) is 2.38. The van der Waals surface area contributed by atoms with Gasteiger partial charge in [-0.2, -0.15) is 4.98 Å². The summed E-state index contributed by atoms with van der Waals surface area (Å²) in [4.78, 5) is 8.83. The van der Waals surface area contributed by atoms with Gasteiger partial charge in [-0.1, -0.05) is 41.2 Å². The summed E-state index contributed by atoms with van der Waals surface area (Å²) in [6.07, 6.45) is 0.538. The van der Waals surface area contributed by atoms with E-state index in [1.807, 2.05) is 43.5 Å². The van der Waals surface area contributed by atoms with Crippen LogP contribution in [0.4, 0.5) is 0 Å². The SMILES string of the molecule is Cc1nc(Cc2nnc(SCc3nc(-c4ccccc4C)no3)o2)cs1. The van der Waals surface area contributed by atoms with Crippen LogP contribution in [0.25, 0.3) is 11.4 Å². The molecule has 3 heterocycles. The van der Waals surface area contributed by atoms with E-state index >= 15 is 0 Å². The molecule has 0 spiro atoms. The first kappa shape index (κ1) is 16.9. The number of hydrogen-bond donors (Lipinski definition) is 0. The lowest BCUT2D eigenvalue weighted by Gasteiger charge is -1.97. The summed E-state index contributed by atoms with van der Waals surface area (Å²) in [5.74, 6) is 2.12. The third kappa shape index (κ3) is 3.83. The molecule has 4 rings (SSSR count). The zero-order valence-electron chi connectivity index (χ0n) is 14.2. The number of rotatable bonds is 6. The largest absolute Gasteiger partial charge is 0.416 e. The minimum Gasteiger partial charge on any atom is -0.416 e. The van der Waals surface area contributed by atoms with Crippen LogP contribution in [0.2, 0.25) is 0 Å². The summed E-state index contributed by atoms with van der Waals surface area (Å²) in [6, 6.07) is 7.93. The Morgan fingerprint density at radius 2 is 1.96 bits per heavy atom. The first-order valence-corrected chi connectivity index (χ1v) is 9.78. The first-order chi connectivity index (χ1) is 12.7. The zero-order chi connectivity index (χ0) is 17.9. The lowest BCUT2D eigenvalue weighted by molar-refractivity contribution is 0.389. The molecule has 3 aromatic heterocycles. The number of hydrogen-bond acceptors (Lipinski definition) is 9. The molecule has 0 amide bonds. The molecule has 0 atom stereocenters. The van der Waals surface area contributed by atoms with Crippen molar-refractivity contribution in [1.29, 1.82) is 0 Å². The Hall–Kier alpha value is -2.52. The molecule has 0 saturated heterocycles. The summed E-state index contributed by atoms with van der Waals surface area (Å²) in [6.45, 7) is 3.99. The second-order valence-electron chi connectivity index (χ2n) is 5.61. The molecule has 1 aromatic carbocycles. The van der Waals surface area contributed by atoms with Crippen LogP contribution >= 0.6 is 23.1 Å². The van der Waals surface area contributed by atoms with E-state index in [9.17, 15) is 0 Å². The second kappa shape index (κ2) is 7.38. The second-order valence-corrected chi connectivity index (χ2v) is 7.60. The summed E-state index contributed by atoms with van der Waals surface area (Å²) in [5, 5.41) is 15.6. The Morgan fingerprint density at radius 1 is 1.08 bits per heavy atom. The van der Waals surface area contributed by atoms with Crippen molar-refractivity contribution in [1.82, 2.24) is 25.3 Å². The van der Waals surface area contributed by atoms with E-state index in [1.54, 1.807) is 11.3 Å². The molecule has 26 heavy (non-hydrogen) atoms. The summed E-state index contributed by atoms with van der Waals surface area (Å²) >= 11 is 2.97. The molecule has 0 aliphatic rings. The van der Waals surface area contributed by atoms with Crippen LogP contribution in [-0.2, 0) is 12.2 Å². The Morgan fingerprint density at radius 3 is 2.77 bits per heavy atom. The first-order valence-electron chi connectivity index (χ1n) is 7.92. The molecule has 0 radical (unpaired) electrons. The standard InChI is InChI=1S/C17H15N5O2S2/c1-10-5-3-4-6-13(10)16-19-15(24-22-16)9-26-17-21-20-14(23-17)7-12-8-25-11(2)18-12/h3-6,8H,7,9H2,1-2H3. The van der Waals surface area contributed by atoms with Crippen molar-refractivity contribution in [3.05, 3.63) is 57.7 Å². The number of thiazole rings is 1. The number of aryl methyl sites for hydroxylation is 2. The normalized spacial score (nSPS) is 11.2. The van der Waals surface area contributed by atoms with Crippen molar-refractivity contribution < 1.29 is 8.94 Å². The van der Waals surface area contributed by atoms with E-state index < -0.39 is 0 Å². The Kier molecular flexibility index (Phi) is 4.81. The van der Waals surface area contributed by atoms with Gasteiger partial charge in [-0.05, 0) is 19.4 Å². The molecular formula is C17H15N5O2S2. The minimum absolute atomic E-state index is 0.469. The van der Waals surface area contributed by atoms with Crippen molar-refractivity contribution in [2.75, 3.05) is 0 Å². The van der Waals surface area contributed by atoms with Crippen molar-refractivity contribution >= 4 is 23.1 Å². The van der Waals surface area contributed by atoms with E-state index in [2.05, 4.69) is 25.3 Å². The maximum atomic E-state index is 5.64. The molecule has 132 valence electrons. The lowest BCUT2D eigenvalue weighted by atomic mass is 10.1. The van der Waals surface area contributed by atoms with Crippen LogP contribution in [0.3, 0.4) is 0 Å². The monoisotopic (exact) mass is 385 g/mol. The highest BCUT2D eigenvalue weighted by atomic mass is 32.2. The van der Waals surface area contributed by atoms with E-state index in [4.69, 9.17) is 8.94 Å². The van der Waals surface area contributed by atoms with Crippen LogP contribution < -0.4 is 0 Å². The van der Waals surface area contributed by atoms with E-state index in [1.165, 1.54) is 11.8 Å². The predicted molar refractivity (Wildman–Crippen MR) is 98.0 cm³/mol. The van der Waals surface area contributed by atoms with Gasteiger partial charge in [0.25, 0.3) is 5.22 Å². The molecule has 0 fully saturated rings. The molecule has 9 heteroatoms. The number of aromatic nitrogens is 5. The van der Waals surface area contributed by atoms with Crippen LogP contribution in [-0.4, -0.2) is 25.3 Å². The van der Waals surface area contributed by atoms with Gasteiger partial charge in [-0.3, -0.25) is 0 Å². The third-order valence-electron chi connectivity index (χ3n) is 3.62. The molecule has 0 saturated carbocycles. The van der Waals surface area contributed by atoms with Gasteiger partial charge < -0.3 is 8.94 Å². The molecule has 0 bridgehead atoms. The number of thioether (sulfide) groups is 1. The van der Waals surface area contributed by atoms with Gasteiger partial charge >= 0.3 is 0 Å². The smallest absolute Gasteiger partial charge is 0.277 e. The van der Waals surface area contributed by atoms with Crippen molar-refractivity contribution in [2.24, 2.45) is 0 Å². The van der Waals surface area contributed by atoms with Gasteiger partial charge in [0.2, 0.25) is 17.6 Å². The topological polar surface area (TPSA) is 90.7 Å². The third-order valence-corrected chi connectivity index (χ3v) is 5.25. The Bertz CT molecular complexity index is 1020. The zero-order valence-corrected chi connectivity index (χ0v) is 15.8. The van der Waals surface area contributed by atoms with Crippen LogP contribution in [0, 0.1) is 13.8 Å². The average Bonchev–Trinajstić information content (AvgIpc) is 3.36. The van der Waals surface area contributed by atoms with Crippen LogP contribution in [0.1, 0.15) is 28.0 Å². The van der Waals surface area contributed by atoms with E-state index in [-0.39, 0.29) is 0 Å². The number of nitrogens with zero attached hydrogens (tertiary/aromatic N) is 5. The molecule has 4 aromatic rings. The Balaban J connectivity index is 1.38. The summed E-state index contributed by atoms with van der Waals surface area (Å²) < 4.78 is 11.0. The van der Waals surface area contributed by atoms with Gasteiger partial charge in [0.1, 0.15) is 0 Å². The van der Waals surface area contributed by atoms with Crippen molar-refractivity contribution in [2.45, 2.75) is 31.2 Å². The molecule has 0 aliphatic carbocycles. The van der Waals surface area contributed by atoms with Gasteiger partial charge in [0.05, 0.1) is 22.9 Å². The van der Waals surface area contributed by atoms with Gasteiger partial charge in [0, 0.05) is 10.9 Å². The fourth-order valence-corrected chi connectivity index (χ4v) is 3.61. The van der Waals surface area contributed by atoms with Gasteiger partial charge in [-0.25, -0.2) is 4.98 Å². The molecule has 0 aliphatic heterocycles. The molecule has 0 unspecified atom stereocenters. The molecular weight excluding hydrogens is 370 g/mol. The predicted octanol–water partition coefficient (Wildman–Crippen LogP) is 4.08. The fraction of sp³-hybridized carbons (Fsp3) is 0.235. The lowest BCUT2D eigenvalue weighted by Crippen LogP contribution is -1.88. The maximum Gasteiger partial charge on any atom is 0.277 e. The highest BCUT2D eigenvalue weighted by molar-refractivity contribution is 7.98. The van der Waals surface area contributed by atoms with Gasteiger partial charge in [0.15, 0.2) is 0 Å². The minimum atomic E-state index is 0.469. The summed E-state index contributed by atoms with van der Waals surface area (Å²) in [7, 11) is 0. The quantitative estimate of drug-likeness (QED) is 0.459. The summed E-state index contributed by atoms with van der Waals surface area (Å²) in [5.41, 5.74) is 3.00. The molecule has 0 N–H and O–H groups in total. The van der Waals surface area contributed by atoms with Crippen molar-refractivity contribution in [3.63, 3.8) is 0 Å². The maximum absolute atomic E-state index is 5.64. The van der Waals surface area contributed by atoms with Crippen LogP contribution in [0.5, 0.6) is 0 Å². The highest BCUT2D eigenvalue weighted by Crippen LogP contribution is 2.24.